The molecule has 136 valence electrons. The van der Waals surface area contributed by atoms with Gasteiger partial charge in [-0.3, -0.25) is 9.59 Å². The molecule has 3 aromatic rings. The van der Waals surface area contributed by atoms with Crippen molar-refractivity contribution in [2.45, 2.75) is 6.54 Å². The van der Waals surface area contributed by atoms with Gasteiger partial charge in [0.25, 0.3) is 5.91 Å². The summed E-state index contributed by atoms with van der Waals surface area (Å²) in [7, 11) is 0. The lowest BCUT2D eigenvalue weighted by molar-refractivity contribution is -0.124. The number of ether oxygens (including phenoxy) is 1. The summed E-state index contributed by atoms with van der Waals surface area (Å²) in [6.07, 6.45) is 0. The number of amides is 1. The number of hydrogen-bond acceptors (Lipinski definition) is 5. The van der Waals surface area contributed by atoms with Crippen LogP contribution in [0.4, 0.5) is 0 Å². The van der Waals surface area contributed by atoms with Gasteiger partial charge in [-0.1, -0.05) is 54.6 Å². The van der Waals surface area contributed by atoms with Gasteiger partial charge in [0.05, 0.1) is 12.1 Å². The Labute approximate surface area is 160 Å². The fourth-order valence-corrected chi connectivity index (χ4v) is 3.11. The first-order chi connectivity index (χ1) is 13.1. The molecule has 0 aliphatic rings. The molecule has 6 heteroatoms. The standard InChI is InChI=1S/C21H17NO4S/c23-19(22-13-16-9-6-12-27-16)14-26-21(25)18-11-5-4-10-17(18)20(24)15-7-2-1-3-8-15/h1-12H,13-14H2,(H,22,23). The van der Waals surface area contributed by atoms with E-state index in [4.69, 9.17) is 4.74 Å². The number of ketones is 1. The van der Waals surface area contributed by atoms with Crippen molar-refractivity contribution in [3.63, 3.8) is 0 Å². The van der Waals surface area contributed by atoms with E-state index in [1.807, 2.05) is 23.6 Å². The highest BCUT2D eigenvalue weighted by Gasteiger charge is 2.19. The highest BCUT2D eigenvalue weighted by molar-refractivity contribution is 7.09. The third kappa shape index (κ3) is 4.89. The van der Waals surface area contributed by atoms with Crippen LogP contribution in [-0.2, 0) is 16.1 Å². The zero-order chi connectivity index (χ0) is 19.1. The molecule has 0 saturated carbocycles. The summed E-state index contributed by atoms with van der Waals surface area (Å²) in [5, 5.41) is 4.60. The Balaban J connectivity index is 1.63. The predicted molar refractivity (Wildman–Crippen MR) is 103 cm³/mol. The Bertz CT molecular complexity index is 936. The van der Waals surface area contributed by atoms with Gasteiger partial charge in [-0.2, -0.15) is 0 Å². The average molecular weight is 379 g/mol. The molecule has 1 heterocycles. The zero-order valence-electron chi connectivity index (χ0n) is 14.4. The number of esters is 1. The maximum Gasteiger partial charge on any atom is 0.339 e. The minimum atomic E-state index is -0.707. The maximum atomic E-state index is 12.7. The van der Waals surface area contributed by atoms with Crippen LogP contribution in [0.5, 0.6) is 0 Å². The number of benzene rings is 2. The molecule has 3 rings (SSSR count). The molecule has 5 nitrogen and oxygen atoms in total. The van der Waals surface area contributed by atoms with Crippen LogP contribution in [0.25, 0.3) is 0 Å². The third-order valence-corrected chi connectivity index (χ3v) is 4.68. The topological polar surface area (TPSA) is 72.5 Å². The SMILES string of the molecule is O=C(COC(=O)c1ccccc1C(=O)c1ccccc1)NCc1cccs1. The first-order valence-electron chi connectivity index (χ1n) is 8.30. The normalized spacial score (nSPS) is 10.2. The molecule has 27 heavy (non-hydrogen) atoms. The second-order valence-corrected chi connectivity index (χ2v) is 6.71. The van der Waals surface area contributed by atoms with E-state index in [9.17, 15) is 14.4 Å². The summed E-state index contributed by atoms with van der Waals surface area (Å²) in [5.74, 6) is -1.38. The van der Waals surface area contributed by atoms with Gasteiger partial charge in [0.1, 0.15) is 0 Å². The number of nitrogens with one attached hydrogen (secondary N) is 1. The molecule has 0 unspecified atom stereocenters. The maximum absolute atomic E-state index is 12.7. The van der Waals surface area contributed by atoms with Crippen LogP contribution >= 0.6 is 11.3 Å². The summed E-state index contributed by atoms with van der Waals surface area (Å²) < 4.78 is 5.09. The number of carbonyl (C=O) groups is 3. The van der Waals surface area contributed by atoms with Crippen molar-refractivity contribution in [2.75, 3.05) is 6.61 Å². The molecule has 1 N–H and O–H groups in total. The molecular formula is C21H17NO4S. The van der Waals surface area contributed by atoms with E-state index < -0.39 is 18.5 Å². The lowest BCUT2D eigenvalue weighted by Crippen LogP contribution is -2.28. The van der Waals surface area contributed by atoms with E-state index in [1.54, 1.807) is 42.5 Å². The van der Waals surface area contributed by atoms with Gasteiger partial charge in [0, 0.05) is 16.0 Å². The van der Waals surface area contributed by atoms with Crippen molar-refractivity contribution >= 4 is 29.0 Å². The molecule has 0 fully saturated rings. The van der Waals surface area contributed by atoms with E-state index in [1.165, 1.54) is 17.4 Å². The number of thiophene rings is 1. The van der Waals surface area contributed by atoms with Crippen molar-refractivity contribution < 1.29 is 19.1 Å². The van der Waals surface area contributed by atoms with E-state index in [2.05, 4.69) is 5.32 Å². The largest absolute Gasteiger partial charge is 0.452 e. The van der Waals surface area contributed by atoms with Crippen molar-refractivity contribution in [3.8, 4) is 0 Å². The van der Waals surface area contributed by atoms with Crippen molar-refractivity contribution in [2.24, 2.45) is 0 Å². The van der Waals surface area contributed by atoms with Gasteiger partial charge >= 0.3 is 5.97 Å². The number of carbonyl (C=O) groups excluding carboxylic acids is 3. The van der Waals surface area contributed by atoms with E-state index in [0.29, 0.717) is 12.1 Å². The van der Waals surface area contributed by atoms with E-state index in [0.717, 1.165) is 4.88 Å². The van der Waals surface area contributed by atoms with Crippen LogP contribution in [-0.4, -0.2) is 24.3 Å². The molecule has 0 saturated heterocycles. The molecule has 1 amide bonds. The Morgan fingerprint density at radius 3 is 2.26 bits per heavy atom. The molecule has 1 aromatic heterocycles. The van der Waals surface area contributed by atoms with Crippen LogP contribution in [0.15, 0.2) is 72.1 Å². The first kappa shape index (κ1) is 18.5. The summed E-state index contributed by atoms with van der Waals surface area (Å²) in [5.41, 5.74) is 0.858. The third-order valence-electron chi connectivity index (χ3n) is 3.80. The molecule has 0 aliphatic heterocycles. The van der Waals surface area contributed by atoms with Crippen LogP contribution < -0.4 is 5.32 Å². The van der Waals surface area contributed by atoms with Crippen LogP contribution in [0.1, 0.15) is 31.2 Å². The Kier molecular flexibility index (Phi) is 6.12. The lowest BCUT2D eigenvalue weighted by Gasteiger charge is -2.09. The fraction of sp³-hybridized carbons (Fsp3) is 0.0952. The average Bonchev–Trinajstić information content (AvgIpc) is 3.24. The van der Waals surface area contributed by atoms with Crippen LogP contribution in [0.3, 0.4) is 0 Å². The highest BCUT2D eigenvalue weighted by Crippen LogP contribution is 2.16. The molecule has 2 aromatic carbocycles. The first-order valence-corrected chi connectivity index (χ1v) is 9.18. The van der Waals surface area contributed by atoms with Crippen molar-refractivity contribution in [3.05, 3.63) is 93.7 Å². The molecular weight excluding hydrogens is 362 g/mol. The van der Waals surface area contributed by atoms with E-state index in [-0.39, 0.29) is 16.9 Å². The second-order valence-electron chi connectivity index (χ2n) is 5.67. The molecule has 0 atom stereocenters. The van der Waals surface area contributed by atoms with Gasteiger partial charge < -0.3 is 10.1 Å². The van der Waals surface area contributed by atoms with Crippen LogP contribution in [0, 0.1) is 0 Å². The van der Waals surface area contributed by atoms with Gasteiger partial charge in [0.15, 0.2) is 12.4 Å². The molecule has 0 spiro atoms. The Hall–Kier alpha value is -3.25. The summed E-state index contributed by atoms with van der Waals surface area (Å²) >= 11 is 1.53. The van der Waals surface area contributed by atoms with Crippen molar-refractivity contribution in [1.82, 2.24) is 5.32 Å². The van der Waals surface area contributed by atoms with Gasteiger partial charge in [0.2, 0.25) is 0 Å². The summed E-state index contributed by atoms with van der Waals surface area (Å²) in [4.78, 5) is 37.9. The molecule has 0 bridgehead atoms. The van der Waals surface area contributed by atoms with Crippen molar-refractivity contribution in [1.29, 1.82) is 0 Å². The molecule has 0 aliphatic carbocycles. The number of hydrogen-bond donors (Lipinski definition) is 1. The lowest BCUT2D eigenvalue weighted by atomic mass is 9.98. The fourth-order valence-electron chi connectivity index (χ4n) is 2.46. The van der Waals surface area contributed by atoms with E-state index >= 15 is 0 Å². The highest BCUT2D eigenvalue weighted by atomic mass is 32.1. The Morgan fingerprint density at radius 2 is 1.56 bits per heavy atom. The zero-order valence-corrected chi connectivity index (χ0v) is 15.2. The molecule has 0 radical (unpaired) electrons. The predicted octanol–water partition coefficient (Wildman–Crippen LogP) is 3.45. The second kappa shape index (κ2) is 8.91. The number of rotatable bonds is 7. The van der Waals surface area contributed by atoms with Gasteiger partial charge in [-0.05, 0) is 17.5 Å². The minimum Gasteiger partial charge on any atom is -0.452 e. The Morgan fingerprint density at radius 1 is 0.852 bits per heavy atom. The summed E-state index contributed by atoms with van der Waals surface area (Å²) in [6, 6.07) is 18.9. The van der Waals surface area contributed by atoms with Gasteiger partial charge in [-0.25, -0.2) is 4.79 Å². The summed E-state index contributed by atoms with van der Waals surface area (Å²) in [6.45, 7) is -0.0186. The minimum absolute atomic E-state index is 0.136. The van der Waals surface area contributed by atoms with Gasteiger partial charge in [-0.15, -0.1) is 11.3 Å². The van der Waals surface area contributed by atoms with Crippen LogP contribution in [0.2, 0.25) is 0 Å². The monoisotopic (exact) mass is 379 g/mol. The smallest absolute Gasteiger partial charge is 0.339 e. The quantitative estimate of drug-likeness (QED) is 0.504.